The van der Waals surface area contributed by atoms with Gasteiger partial charge in [-0.05, 0) is 37.0 Å². The van der Waals surface area contributed by atoms with Crippen molar-refractivity contribution in [3.8, 4) is 0 Å². The van der Waals surface area contributed by atoms with Crippen molar-refractivity contribution in [2.45, 2.75) is 40.2 Å². The van der Waals surface area contributed by atoms with E-state index in [0.29, 0.717) is 11.8 Å². The van der Waals surface area contributed by atoms with Crippen LogP contribution in [-0.2, 0) is 10.3 Å². The summed E-state index contributed by atoms with van der Waals surface area (Å²) in [6.07, 6.45) is 0. The maximum Gasteiger partial charge on any atom is 0.326 e. The Morgan fingerprint density at radius 2 is 1.69 bits per heavy atom. The minimum Gasteiger partial charge on any atom is -0.319 e. The number of hydrogen-bond donors (Lipinski definition) is 1. The Bertz CT molecular complexity index is 683. The fraction of sp³-hybridized carbons (Fsp3) is 0.579. The zero-order chi connectivity index (χ0) is 19.6. The van der Waals surface area contributed by atoms with Crippen LogP contribution in [0.3, 0.4) is 0 Å². The highest BCUT2D eigenvalue weighted by molar-refractivity contribution is 6.07. The molecule has 1 heterocycles. The predicted octanol–water partition coefficient (Wildman–Crippen LogP) is 3.30. The zero-order valence-electron chi connectivity index (χ0n) is 16.0. The van der Waals surface area contributed by atoms with E-state index in [1.807, 2.05) is 4.90 Å². The van der Waals surface area contributed by atoms with E-state index < -0.39 is 29.1 Å². The van der Waals surface area contributed by atoms with Crippen molar-refractivity contribution in [1.82, 2.24) is 15.1 Å². The van der Waals surface area contributed by atoms with Gasteiger partial charge in [-0.15, -0.1) is 0 Å². The second kappa shape index (κ2) is 7.70. The average molecular weight is 367 g/mol. The third-order valence-corrected chi connectivity index (χ3v) is 4.33. The number of nitrogens with one attached hydrogen (secondary N) is 1. The van der Waals surface area contributed by atoms with Gasteiger partial charge in [-0.1, -0.05) is 27.7 Å². The number of hydrogen-bond acceptors (Lipinski definition) is 3. The Balaban J connectivity index is 2.28. The van der Waals surface area contributed by atoms with Crippen LogP contribution < -0.4 is 5.32 Å². The van der Waals surface area contributed by atoms with Gasteiger partial charge in [-0.3, -0.25) is 9.69 Å². The minimum atomic E-state index is -1.62. The van der Waals surface area contributed by atoms with E-state index in [-0.39, 0.29) is 12.2 Å². The van der Waals surface area contributed by atoms with Crippen LogP contribution in [0.4, 0.5) is 13.6 Å². The molecule has 5 nitrogen and oxygen atoms in total. The van der Waals surface area contributed by atoms with Crippen LogP contribution in [0.2, 0.25) is 0 Å². The summed E-state index contributed by atoms with van der Waals surface area (Å²) >= 11 is 0. The number of rotatable bonds is 7. The number of amides is 3. The Morgan fingerprint density at radius 1 is 1.12 bits per heavy atom. The van der Waals surface area contributed by atoms with Crippen molar-refractivity contribution in [3.05, 3.63) is 35.4 Å². The molecule has 3 amide bonds. The maximum atomic E-state index is 14.2. The van der Waals surface area contributed by atoms with Gasteiger partial charge in [0, 0.05) is 18.7 Å². The van der Waals surface area contributed by atoms with Gasteiger partial charge in [0.05, 0.1) is 6.67 Å². The molecule has 1 fully saturated rings. The van der Waals surface area contributed by atoms with E-state index in [4.69, 9.17) is 0 Å². The van der Waals surface area contributed by atoms with Crippen molar-refractivity contribution in [3.63, 3.8) is 0 Å². The Kier molecular flexibility index (Phi) is 6.01. The first-order chi connectivity index (χ1) is 12.0. The lowest BCUT2D eigenvalue weighted by Crippen LogP contribution is -2.46. The number of nitrogens with zero attached hydrogens (tertiary/aromatic N) is 2. The molecule has 1 N–H and O–H groups in total. The van der Waals surface area contributed by atoms with Gasteiger partial charge in [-0.2, -0.15) is 0 Å². The second-order valence-electron chi connectivity index (χ2n) is 7.88. The van der Waals surface area contributed by atoms with Crippen LogP contribution in [0.15, 0.2) is 18.2 Å². The highest BCUT2D eigenvalue weighted by Gasteiger charge is 2.50. The molecule has 0 unspecified atom stereocenters. The summed E-state index contributed by atoms with van der Waals surface area (Å²) in [5.74, 6) is -1.25. The zero-order valence-corrected chi connectivity index (χ0v) is 16.0. The third kappa shape index (κ3) is 4.20. The molecule has 0 spiro atoms. The minimum absolute atomic E-state index is 0.119. The van der Waals surface area contributed by atoms with Crippen molar-refractivity contribution in [2.24, 2.45) is 11.8 Å². The van der Waals surface area contributed by atoms with Crippen LogP contribution in [0.1, 0.15) is 40.2 Å². The van der Waals surface area contributed by atoms with E-state index in [9.17, 15) is 18.4 Å². The van der Waals surface area contributed by atoms with Crippen molar-refractivity contribution < 1.29 is 18.4 Å². The first-order valence-corrected chi connectivity index (χ1v) is 8.86. The molecular formula is C19H27F2N3O2. The standard InChI is InChI=1S/C19H27F2N3O2/c1-12(2)9-23(10-13(3)4)11-24-17(25)19(5,22-18(24)26)15-8-14(20)6-7-16(15)21/h6-8,12-13H,9-11H2,1-5H3,(H,22,26)/t19-/m0/s1. The van der Waals surface area contributed by atoms with E-state index >= 15 is 0 Å². The molecule has 1 atom stereocenters. The summed E-state index contributed by atoms with van der Waals surface area (Å²) in [6.45, 7) is 11.2. The molecule has 1 aromatic carbocycles. The summed E-state index contributed by atoms with van der Waals surface area (Å²) in [5, 5.41) is 2.53. The van der Waals surface area contributed by atoms with Crippen LogP contribution in [0.25, 0.3) is 0 Å². The number of carbonyl (C=O) groups excluding carboxylic acids is 2. The van der Waals surface area contributed by atoms with E-state index in [1.54, 1.807) is 0 Å². The number of benzene rings is 1. The molecule has 26 heavy (non-hydrogen) atoms. The van der Waals surface area contributed by atoms with Gasteiger partial charge in [0.25, 0.3) is 5.91 Å². The van der Waals surface area contributed by atoms with Crippen molar-refractivity contribution in [2.75, 3.05) is 19.8 Å². The number of urea groups is 1. The van der Waals surface area contributed by atoms with Crippen LogP contribution >= 0.6 is 0 Å². The topological polar surface area (TPSA) is 52.6 Å². The summed E-state index contributed by atoms with van der Waals surface area (Å²) < 4.78 is 27.8. The van der Waals surface area contributed by atoms with Gasteiger partial charge >= 0.3 is 6.03 Å². The fourth-order valence-electron chi connectivity index (χ4n) is 3.31. The van der Waals surface area contributed by atoms with E-state index in [0.717, 1.165) is 36.2 Å². The van der Waals surface area contributed by atoms with Gasteiger partial charge in [0.2, 0.25) is 0 Å². The van der Waals surface area contributed by atoms with Gasteiger partial charge in [0.1, 0.15) is 17.2 Å². The Labute approximate surface area is 153 Å². The first-order valence-electron chi connectivity index (χ1n) is 8.86. The quantitative estimate of drug-likeness (QED) is 0.753. The normalized spacial score (nSPS) is 20.6. The molecule has 0 aromatic heterocycles. The van der Waals surface area contributed by atoms with Crippen LogP contribution in [0, 0.1) is 23.5 Å². The SMILES string of the molecule is CC(C)CN(CC(C)C)CN1C(=O)N[C@@](C)(c2cc(F)ccc2F)C1=O. The molecular weight excluding hydrogens is 340 g/mol. The summed E-state index contributed by atoms with van der Waals surface area (Å²) in [5.41, 5.74) is -1.79. The molecule has 0 bridgehead atoms. The van der Waals surface area contributed by atoms with Gasteiger partial charge < -0.3 is 5.32 Å². The fourth-order valence-corrected chi connectivity index (χ4v) is 3.31. The highest BCUT2D eigenvalue weighted by Crippen LogP contribution is 2.31. The Hall–Kier alpha value is -2.02. The Morgan fingerprint density at radius 3 is 2.23 bits per heavy atom. The first kappa shape index (κ1) is 20.3. The molecule has 0 radical (unpaired) electrons. The maximum absolute atomic E-state index is 14.2. The smallest absolute Gasteiger partial charge is 0.319 e. The monoisotopic (exact) mass is 367 g/mol. The predicted molar refractivity (Wildman–Crippen MR) is 95.2 cm³/mol. The van der Waals surface area contributed by atoms with Crippen molar-refractivity contribution >= 4 is 11.9 Å². The molecule has 1 aromatic rings. The lowest BCUT2D eigenvalue weighted by molar-refractivity contribution is -0.132. The van der Waals surface area contributed by atoms with Crippen LogP contribution in [-0.4, -0.2) is 41.5 Å². The molecule has 144 valence electrons. The molecule has 0 saturated carbocycles. The molecule has 1 aliphatic heterocycles. The summed E-state index contributed by atoms with van der Waals surface area (Å²) in [4.78, 5) is 28.5. The molecule has 2 rings (SSSR count). The lowest BCUT2D eigenvalue weighted by atomic mass is 9.91. The van der Waals surface area contributed by atoms with E-state index in [1.165, 1.54) is 6.92 Å². The summed E-state index contributed by atoms with van der Waals surface area (Å²) in [6, 6.07) is 2.30. The lowest BCUT2D eigenvalue weighted by Gasteiger charge is -2.29. The second-order valence-corrected chi connectivity index (χ2v) is 7.88. The third-order valence-electron chi connectivity index (χ3n) is 4.33. The number of halogens is 2. The van der Waals surface area contributed by atoms with Gasteiger partial charge in [0.15, 0.2) is 0 Å². The summed E-state index contributed by atoms with van der Waals surface area (Å²) in [7, 11) is 0. The molecule has 0 aliphatic carbocycles. The highest BCUT2D eigenvalue weighted by atomic mass is 19.1. The largest absolute Gasteiger partial charge is 0.326 e. The van der Waals surface area contributed by atoms with Crippen LogP contribution in [0.5, 0.6) is 0 Å². The van der Waals surface area contributed by atoms with Crippen molar-refractivity contribution in [1.29, 1.82) is 0 Å². The molecule has 7 heteroatoms. The molecule has 1 aliphatic rings. The number of imide groups is 1. The van der Waals surface area contributed by atoms with E-state index in [2.05, 4.69) is 33.0 Å². The van der Waals surface area contributed by atoms with Gasteiger partial charge in [-0.25, -0.2) is 18.5 Å². The number of carbonyl (C=O) groups is 2. The average Bonchev–Trinajstić information content (AvgIpc) is 2.72. The molecule has 1 saturated heterocycles.